The molecule has 1 aliphatic rings. The van der Waals surface area contributed by atoms with Crippen LogP contribution in [0.15, 0.2) is 37.1 Å². The second kappa shape index (κ2) is 6.18. The van der Waals surface area contributed by atoms with E-state index in [0.29, 0.717) is 6.54 Å². The van der Waals surface area contributed by atoms with Gasteiger partial charge >= 0.3 is 0 Å². The molecule has 1 atom stereocenters. The van der Waals surface area contributed by atoms with Crippen molar-refractivity contribution in [2.24, 2.45) is 0 Å². The molecular formula is C15H20N4O2S. The summed E-state index contributed by atoms with van der Waals surface area (Å²) in [6.45, 7) is 0.644. The van der Waals surface area contributed by atoms with Gasteiger partial charge in [0.2, 0.25) is 10.0 Å². The lowest BCUT2D eigenvalue weighted by Crippen LogP contribution is -2.34. The normalized spacial score (nSPS) is 19.6. The van der Waals surface area contributed by atoms with Gasteiger partial charge in [-0.1, -0.05) is 6.07 Å². The molecule has 0 amide bonds. The summed E-state index contributed by atoms with van der Waals surface area (Å²) in [5.74, 6) is 0.865. The molecule has 2 aromatic heterocycles. The molecule has 0 spiro atoms. The van der Waals surface area contributed by atoms with Crippen LogP contribution in [0.3, 0.4) is 0 Å². The van der Waals surface area contributed by atoms with Gasteiger partial charge in [-0.05, 0) is 37.3 Å². The average Bonchev–Trinajstić information content (AvgIpc) is 3.16. The third-order valence-electron chi connectivity index (χ3n) is 4.11. The molecule has 0 saturated carbocycles. The minimum absolute atomic E-state index is 0.103. The summed E-state index contributed by atoms with van der Waals surface area (Å²) in [6.07, 6.45) is 11.9. The summed E-state index contributed by atoms with van der Waals surface area (Å²) in [6, 6.07) is 4.06. The highest BCUT2D eigenvalue weighted by molar-refractivity contribution is 7.88. The summed E-state index contributed by atoms with van der Waals surface area (Å²) in [7, 11) is -3.11. The average molecular weight is 320 g/mol. The molecule has 1 aliphatic heterocycles. The van der Waals surface area contributed by atoms with Crippen LogP contribution in [-0.2, 0) is 16.4 Å². The number of aromatic nitrogens is 3. The van der Waals surface area contributed by atoms with Gasteiger partial charge in [0.05, 0.1) is 6.26 Å². The highest BCUT2D eigenvalue weighted by Crippen LogP contribution is 2.25. The number of hydrogen-bond donors (Lipinski definition) is 0. The van der Waals surface area contributed by atoms with E-state index in [1.165, 1.54) is 6.26 Å². The first-order chi connectivity index (χ1) is 10.6. The van der Waals surface area contributed by atoms with Gasteiger partial charge < -0.3 is 0 Å². The highest BCUT2D eigenvalue weighted by Gasteiger charge is 2.31. The van der Waals surface area contributed by atoms with Crippen molar-refractivity contribution in [1.29, 1.82) is 0 Å². The predicted molar refractivity (Wildman–Crippen MR) is 84.3 cm³/mol. The number of rotatable bonds is 5. The first-order valence-corrected chi connectivity index (χ1v) is 9.29. The van der Waals surface area contributed by atoms with Crippen molar-refractivity contribution < 1.29 is 8.42 Å². The molecule has 0 bridgehead atoms. The maximum absolute atomic E-state index is 11.8. The molecule has 3 heterocycles. The Bertz CT molecular complexity index is 728. The molecule has 0 aromatic carbocycles. The Morgan fingerprint density at radius 2 is 2.23 bits per heavy atom. The van der Waals surface area contributed by atoms with Crippen molar-refractivity contribution in [3.8, 4) is 5.82 Å². The van der Waals surface area contributed by atoms with Crippen LogP contribution in [0.4, 0.5) is 0 Å². The fraction of sp³-hybridized carbons (Fsp3) is 0.467. The molecule has 2 aromatic rings. The Labute approximate surface area is 130 Å². The minimum Gasteiger partial charge on any atom is -0.290 e. The molecule has 3 rings (SSSR count). The Balaban J connectivity index is 1.75. The molecule has 118 valence electrons. The van der Waals surface area contributed by atoms with Gasteiger partial charge in [-0.3, -0.25) is 4.57 Å². The number of pyridine rings is 1. The summed E-state index contributed by atoms with van der Waals surface area (Å²) in [5.41, 5.74) is 1.11. The van der Waals surface area contributed by atoms with E-state index in [-0.39, 0.29) is 6.04 Å². The Morgan fingerprint density at radius 3 is 2.95 bits per heavy atom. The smallest absolute Gasteiger partial charge is 0.211 e. The lowest BCUT2D eigenvalue weighted by Gasteiger charge is -2.22. The summed E-state index contributed by atoms with van der Waals surface area (Å²) in [4.78, 5) is 8.48. The number of hydrogen-bond acceptors (Lipinski definition) is 4. The minimum atomic E-state index is -3.11. The predicted octanol–water partition coefficient (Wildman–Crippen LogP) is 1.62. The number of imidazole rings is 1. The van der Waals surface area contributed by atoms with Crippen molar-refractivity contribution in [3.63, 3.8) is 0 Å². The standard InChI is InChI=1S/C15H20N4O2S/c1-22(20,21)19-10-3-5-14(19)7-6-13-4-2-8-17-15(13)18-11-9-16-12-18/h2,4,8-9,11-12,14H,3,5-7,10H2,1H3. The van der Waals surface area contributed by atoms with Crippen LogP contribution >= 0.6 is 0 Å². The zero-order valence-corrected chi connectivity index (χ0v) is 13.4. The molecular weight excluding hydrogens is 300 g/mol. The largest absolute Gasteiger partial charge is 0.290 e. The van der Waals surface area contributed by atoms with Crippen molar-refractivity contribution >= 4 is 10.0 Å². The van der Waals surface area contributed by atoms with Crippen LogP contribution in [-0.4, -0.2) is 46.1 Å². The molecule has 1 saturated heterocycles. The van der Waals surface area contributed by atoms with Crippen LogP contribution in [0.25, 0.3) is 5.82 Å². The topological polar surface area (TPSA) is 68.1 Å². The van der Waals surface area contributed by atoms with Crippen LogP contribution in [0, 0.1) is 0 Å². The van der Waals surface area contributed by atoms with E-state index >= 15 is 0 Å². The van der Waals surface area contributed by atoms with Crippen LogP contribution < -0.4 is 0 Å². The van der Waals surface area contributed by atoms with E-state index in [1.54, 1.807) is 23.0 Å². The molecule has 1 unspecified atom stereocenters. The van der Waals surface area contributed by atoms with E-state index in [0.717, 1.165) is 37.1 Å². The van der Waals surface area contributed by atoms with Crippen LogP contribution in [0.1, 0.15) is 24.8 Å². The van der Waals surface area contributed by atoms with Crippen molar-refractivity contribution in [1.82, 2.24) is 18.8 Å². The van der Waals surface area contributed by atoms with Crippen molar-refractivity contribution in [2.75, 3.05) is 12.8 Å². The Kier molecular flexibility index (Phi) is 4.26. The molecule has 0 radical (unpaired) electrons. The lowest BCUT2D eigenvalue weighted by molar-refractivity contribution is 0.373. The molecule has 0 aliphatic carbocycles. The Morgan fingerprint density at radius 1 is 1.36 bits per heavy atom. The molecule has 1 fully saturated rings. The number of sulfonamides is 1. The maximum atomic E-state index is 11.8. The van der Waals surface area contributed by atoms with E-state index in [9.17, 15) is 8.42 Å². The fourth-order valence-electron chi connectivity index (χ4n) is 3.10. The van der Waals surface area contributed by atoms with E-state index in [1.807, 2.05) is 22.9 Å². The number of nitrogens with zero attached hydrogens (tertiary/aromatic N) is 4. The zero-order valence-electron chi connectivity index (χ0n) is 12.6. The van der Waals surface area contributed by atoms with Crippen LogP contribution in [0.5, 0.6) is 0 Å². The van der Waals surface area contributed by atoms with Gasteiger partial charge in [0.15, 0.2) is 0 Å². The van der Waals surface area contributed by atoms with Crippen molar-refractivity contribution in [3.05, 3.63) is 42.6 Å². The number of aryl methyl sites for hydroxylation is 1. The molecule has 7 heteroatoms. The lowest BCUT2D eigenvalue weighted by atomic mass is 10.0. The SMILES string of the molecule is CS(=O)(=O)N1CCCC1CCc1cccnc1-n1ccnc1. The molecule has 6 nitrogen and oxygen atoms in total. The second-order valence-electron chi connectivity index (χ2n) is 5.66. The third-order valence-corrected chi connectivity index (χ3v) is 5.45. The van der Waals surface area contributed by atoms with Gasteiger partial charge in [0, 0.05) is 31.2 Å². The van der Waals surface area contributed by atoms with Gasteiger partial charge in [-0.2, -0.15) is 4.31 Å². The van der Waals surface area contributed by atoms with Gasteiger partial charge in [0.1, 0.15) is 12.1 Å². The summed E-state index contributed by atoms with van der Waals surface area (Å²) >= 11 is 0. The summed E-state index contributed by atoms with van der Waals surface area (Å²) < 4.78 is 27.1. The first-order valence-electron chi connectivity index (χ1n) is 7.45. The monoisotopic (exact) mass is 320 g/mol. The molecule has 0 N–H and O–H groups in total. The maximum Gasteiger partial charge on any atom is 0.211 e. The summed E-state index contributed by atoms with van der Waals surface area (Å²) in [5, 5.41) is 0. The van der Waals surface area contributed by atoms with Gasteiger partial charge in [0.25, 0.3) is 0 Å². The van der Waals surface area contributed by atoms with E-state index < -0.39 is 10.0 Å². The van der Waals surface area contributed by atoms with E-state index in [2.05, 4.69) is 9.97 Å². The quantitative estimate of drug-likeness (QED) is 0.839. The van der Waals surface area contributed by atoms with Gasteiger partial charge in [-0.15, -0.1) is 0 Å². The van der Waals surface area contributed by atoms with Crippen LogP contribution in [0.2, 0.25) is 0 Å². The molecule has 22 heavy (non-hydrogen) atoms. The zero-order chi connectivity index (χ0) is 15.6. The second-order valence-corrected chi connectivity index (χ2v) is 7.60. The van der Waals surface area contributed by atoms with E-state index in [4.69, 9.17) is 0 Å². The fourth-order valence-corrected chi connectivity index (χ4v) is 4.31. The first kappa shape index (κ1) is 15.2. The third kappa shape index (κ3) is 3.20. The highest BCUT2D eigenvalue weighted by atomic mass is 32.2. The van der Waals surface area contributed by atoms with Crippen molar-refractivity contribution in [2.45, 2.75) is 31.7 Å². The van der Waals surface area contributed by atoms with Gasteiger partial charge in [-0.25, -0.2) is 18.4 Å². The Hall–Kier alpha value is -1.73.